The number of aromatic nitrogens is 2. The van der Waals surface area contributed by atoms with E-state index < -0.39 is 0 Å². The van der Waals surface area contributed by atoms with Crippen molar-refractivity contribution < 1.29 is 9.53 Å². The predicted molar refractivity (Wildman–Crippen MR) is 111 cm³/mol. The van der Waals surface area contributed by atoms with Crippen LogP contribution in [0.15, 0.2) is 42.5 Å². The van der Waals surface area contributed by atoms with Gasteiger partial charge in [-0.2, -0.15) is 0 Å². The Morgan fingerprint density at radius 1 is 1.18 bits per heavy atom. The van der Waals surface area contributed by atoms with Crippen LogP contribution in [0.5, 0.6) is 5.75 Å². The summed E-state index contributed by atoms with van der Waals surface area (Å²) in [6.45, 7) is 7.90. The second-order valence-electron chi connectivity index (χ2n) is 7.53. The van der Waals surface area contributed by atoms with Crippen molar-refractivity contribution in [2.45, 2.75) is 46.2 Å². The standard InChI is InChI=1S/C23H27N3O2/c1-16-8-6-12-22(17(16)2)28-15-14-26-20-10-5-4-9-19(20)24-23(26)21-11-7-13-25(21)18(3)27/h4-6,8-10,12,21H,7,11,13-15H2,1-3H3/t21-/m1/s1. The molecule has 0 N–H and O–H groups in total. The molecule has 146 valence electrons. The fraction of sp³-hybridized carbons (Fsp3) is 0.391. The molecule has 1 fully saturated rings. The van der Waals surface area contributed by atoms with E-state index in [1.165, 1.54) is 11.1 Å². The van der Waals surface area contributed by atoms with Gasteiger partial charge in [-0.25, -0.2) is 4.98 Å². The molecule has 0 unspecified atom stereocenters. The number of amides is 1. The second kappa shape index (κ2) is 7.66. The Labute approximate surface area is 165 Å². The number of likely N-dealkylation sites (tertiary alicyclic amines) is 1. The zero-order chi connectivity index (χ0) is 19.7. The Kier molecular flexibility index (Phi) is 5.07. The smallest absolute Gasteiger partial charge is 0.220 e. The Balaban J connectivity index is 1.62. The minimum atomic E-state index is 0.0469. The highest BCUT2D eigenvalue weighted by Gasteiger charge is 2.32. The van der Waals surface area contributed by atoms with Gasteiger partial charge in [-0.15, -0.1) is 0 Å². The Hall–Kier alpha value is -2.82. The topological polar surface area (TPSA) is 47.4 Å². The number of fused-ring (bicyclic) bond motifs is 1. The summed E-state index contributed by atoms with van der Waals surface area (Å²) in [6, 6.07) is 14.4. The highest BCUT2D eigenvalue weighted by molar-refractivity contribution is 5.77. The Morgan fingerprint density at radius 3 is 2.82 bits per heavy atom. The molecule has 1 aromatic heterocycles. The minimum absolute atomic E-state index is 0.0469. The van der Waals surface area contributed by atoms with Crippen molar-refractivity contribution in [3.63, 3.8) is 0 Å². The van der Waals surface area contributed by atoms with Crippen LogP contribution in [0, 0.1) is 13.8 Å². The van der Waals surface area contributed by atoms with E-state index in [1.807, 2.05) is 35.2 Å². The Bertz CT molecular complexity index is 1010. The molecule has 4 rings (SSSR count). The molecule has 3 aromatic rings. The van der Waals surface area contributed by atoms with Gasteiger partial charge in [0, 0.05) is 13.5 Å². The van der Waals surface area contributed by atoms with E-state index in [4.69, 9.17) is 9.72 Å². The SMILES string of the molecule is CC(=O)N1CCC[C@@H]1c1nc2ccccc2n1CCOc1cccc(C)c1C. The third kappa shape index (κ3) is 3.37. The maximum absolute atomic E-state index is 12.1. The fourth-order valence-electron chi connectivity index (χ4n) is 4.12. The Morgan fingerprint density at radius 2 is 2.00 bits per heavy atom. The number of para-hydroxylation sites is 2. The maximum atomic E-state index is 12.1. The van der Waals surface area contributed by atoms with Gasteiger partial charge >= 0.3 is 0 Å². The number of carbonyl (C=O) groups is 1. The molecule has 1 saturated heterocycles. The van der Waals surface area contributed by atoms with Crippen LogP contribution >= 0.6 is 0 Å². The lowest BCUT2D eigenvalue weighted by molar-refractivity contribution is -0.129. The third-order valence-corrected chi connectivity index (χ3v) is 5.77. The number of nitrogens with zero attached hydrogens (tertiary/aromatic N) is 3. The van der Waals surface area contributed by atoms with E-state index in [0.717, 1.165) is 42.0 Å². The minimum Gasteiger partial charge on any atom is -0.491 e. The van der Waals surface area contributed by atoms with Crippen LogP contribution in [-0.2, 0) is 11.3 Å². The van der Waals surface area contributed by atoms with Gasteiger partial charge in [0.05, 0.1) is 23.6 Å². The van der Waals surface area contributed by atoms with Crippen LogP contribution in [0.25, 0.3) is 11.0 Å². The lowest BCUT2D eigenvalue weighted by Crippen LogP contribution is -2.30. The summed E-state index contributed by atoms with van der Waals surface area (Å²) < 4.78 is 8.33. The molecule has 28 heavy (non-hydrogen) atoms. The predicted octanol–water partition coefficient (Wildman–Crippen LogP) is 4.42. The lowest BCUT2D eigenvalue weighted by atomic mass is 10.1. The van der Waals surface area contributed by atoms with E-state index in [0.29, 0.717) is 13.2 Å². The molecule has 2 aromatic carbocycles. The van der Waals surface area contributed by atoms with Crippen LogP contribution in [-0.4, -0.2) is 33.5 Å². The van der Waals surface area contributed by atoms with Gasteiger partial charge in [-0.3, -0.25) is 4.79 Å². The van der Waals surface area contributed by atoms with Crippen molar-refractivity contribution in [2.75, 3.05) is 13.2 Å². The molecule has 0 bridgehead atoms. The van der Waals surface area contributed by atoms with Gasteiger partial charge < -0.3 is 14.2 Å². The van der Waals surface area contributed by atoms with Crippen molar-refractivity contribution in [2.24, 2.45) is 0 Å². The summed E-state index contributed by atoms with van der Waals surface area (Å²) in [5, 5.41) is 0. The number of rotatable bonds is 5. The number of ether oxygens (including phenoxy) is 1. The molecule has 2 heterocycles. The first-order valence-electron chi connectivity index (χ1n) is 9.97. The largest absolute Gasteiger partial charge is 0.491 e. The maximum Gasteiger partial charge on any atom is 0.220 e. The zero-order valence-corrected chi connectivity index (χ0v) is 16.8. The molecular weight excluding hydrogens is 350 g/mol. The summed E-state index contributed by atoms with van der Waals surface area (Å²) >= 11 is 0. The molecular formula is C23H27N3O2. The van der Waals surface area contributed by atoms with Crippen LogP contribution in [0.2, 0.25) is 0 Å². The average Bonchev–Trinajstić information content (AvgIpc) is 3.30. The molecule has 5 nitrogen and oxygen atoms in total. The third-order valence-electron chi connectivity index (χ3n) is 5.77. The molecule has 0 radical (unpaired) electrons. The molecule has 0 saturated carbocycles. The van der Waals surface area contributed by atoms with Crippen LogP contribution in [0.3, 0.4) is 0 Å². The summed E-state index contributed by atoms with van der Waals surface area (Å²) in [7, 11) is 0. The van der Waals surface area contributed by atoms with E-state index in [-0.39, 0.29) is 11.9 Å². The monoisotopic (exact) mass is 377 g/mol. The van der Waals surface area contributed by atoms with Crippen molar-refractivity contribution in [1.29, 1.82) is 0 Å². The van der Waals surface area contributed by atoms with Gasteiger partial charge in [-0.05, 0) is 56.0 Å². The summed E-state index contributed by atoms with van der Waals surface area (Å²) in [5.74, 6) is 2.02. The van der Waals surface area contributed by atoms with E-state index in [1.54, 1.807) is 6.92 Å². The van der Waals surface area contributed by atoms with Crippen LogP contribution < -0.4 is 4.74 Å². The van der Waals surface area contributed by atoms with Gasteiger partial charge in [0.25, 0.3) is 0 Å². The van der Waals surface area contributed by atoms with E-state index >= 15 is 0 Å². The van der Waals surface area contributed by atoms with Gasteiger partial charge in [-0.1, -0.05) is 24.3 Å². The first-order valence-corrected chi connectivity index (χ1v) is 9.97. The number of aryl methyl sites for hydroxylation is 1. The molecule has 1 aliphatic heterocycles. The molecule has 1 amide bonds. The highest BCUT2D eigenvalue weighted by atomic mass is 16.5. The number of benzene rings is 2. The fourth-order valence-corrected chi connectivity index (χ4v) is 4.12. The van der Waals surface area contributed by atoms with Gasteiger partial charge in [0.2, 0.25) is 5.91 Å². The van der Waals surface area contributed by atoms with Crippen molar-refractivity contribution >= 4 is 16.9 Å². The molecule has 0 spiro atoms. The van der Waals surface area contributed by atoms with Gasteiger partial charge in [0.15, 0.2) is 0 Å². The quantitative estimate of drug-likeness (QED) is 0.661. The van der Waals surface area contributed by atoms with Crippen molar-refractivity contribution in [3.05, 3.63) is 59.4 Å². The molecule has 1 aliphatic rings. The first kappa shape index (κ1) is 18.5. The molecule has 1 atom stereocenters. The normalized spacial score (nSPS) is 16.7. The van der Waals surface area contributed by atoms with Gasteiger partial charge in [0.1, 0.15) is 18.2 Å². The molecule has 5 heteroatoms. The number of imidazole rings is 1. The average molecular weight is 377 g/mol. The second-order valence-corrected chi connectivity index (χ2v) is 7.53. The zero-order valence-electron chi connectivity index (χ0n) is 16.8. The molecule has 0 aliphatic carbocycles. The lowest BCUT2D eigenvalue weighted by Gasteiger charge is -2.24. The van der Waals surface area contributed by atoms with Crippen molar-refractivity contribution in [3.8, 4) is 5.75 Å². The summed E-state index contributed by atoms with van der Waals surface area (Å²) in [4.78, 5) is 18.9. The van der Waals surface area contributed by atoms with E-state index in [2.05, 4.69) is 30.5 Å². The number of hydrogen-bond donors (Lipinski definition) is 0. The van der Waals surface area contributed by atoms with Crippen LogP contribution in [0.1, 0.15) is 42.8 Å². The first-order chi connectivity index (χ1) is 13.6. The number of hydrogen-bond acceptors (Lipinski definition) is 3. The van der Waals surface area contributed by atoms with Crippen molar-refractivity contribution in [1.82, 2.24) is 14.5 Å². The summed E-state index contributed by atoms with van der Waals surface area (Å²) in [6.07, 6.45) is 1.98. The van der Waals surface area contributed by atoms with Crippen LogP contribution in [0.4, 0.5) is 0 Å². The number of carbonyl (C=O) groups excluding carboxylic acids is 1. The highest BCUT2D eigenvalue weighted by Crippen LogP contribution is 2.33. The van der Waals surface area contributed by atoms with E-state index in [9.17, 15) is 4.79 Å². The summed E-state index contributed by atoms with van der Waals surface area (Å²) in [5.41, 5.74) is 4.48.